The summed E-state index contributed by atoms with van der Waals surface area (Å²) in [5, 5.41) is 10.6. The summed E-state index contributed by atoms with van der Waals surface area (Å²) in [5.41, 5.74) is 9.00. The number of halogens is 1. The quantitative estimate of drug-likeness (QED) is 0.929. The minimum Gasteiger partial charge on any atom is -0.353 e. The van der Waals surface area contributed by atoms with E-state index >= 15 is 0 Å². The number of hydrogen-bond donors (Lipinski definition) is 1. The second-order valence-electron chi connectivity index (χ2n) is 4.50. The third-order valence-electron chi connectivity index (χ3n) is 3.14. The lowest BCUT2D eigenvalue weighted by atomic mass is 10.1. The Bertz CT molecular complexity index is 582. The molecule has 2 aromatic rings. The number of anilines is 1. The van der Waals surface area contributed by atoms with Gasteiger partial charge in [-0.15, -0.1) is 16.4 Å². The molecule has 2 aromatic heterocycles. The molecule has 4 nitrogen and oxygen atoms in total. The predicted molar refractivity (Wildman–Crippen MR) is 83.5 cm³/mol. The molecule has 0 aliphatic heterocycles. The summed E-state index contributed by atoms with van der Waals surface area (Å²) >= 11 is 5.20. The maximum Gasteiger partial charge on any atom is 0.156 e. The number of nitrogens with zero attached hydrogens (tertiary/aromatic N) is 3. The normalized spacial score (nSPS) is 10.8. The maximum atomic E-state index is 5.86. The molecule has 0 spiro atoms. The van der Waals surface area contributed by atoms with E-state index in [9.17, 15) is 0 Å². The van der Waals surface area contributed by atoms with Crippen molar-refractivity contribution in [2.45, 2.75) is 26.9 Å². The van der Waals surface area contributed by atoms with Crippen molar-refractivity contribution in [3.8, 4) is 0 Å². The Morgan fingerprint density at radius 2 is 2.11 bits per heavy atom. The van der Waals surface area contributed by atoms with Gasteiger partial charge in [0.2, 0.25) is 0 Å². The minimum absolute atomic E-state index is 0.482. The van der Waals surface area contributed by atoms with Crippen LogP contribution >= 0.6 is 27.3 Å². The smallest absolute Gasteiger partial charge is 0.156 e. The molecule has 0 aromatic carbocycles. The van der Waals surface area contributed by atoms with Gasteiger partial charge in [0.05, 0.1) is 12.2 Å². The Morgan fingerprint density at radius 3 is 2.68 bits per heavy atom. The van der Waals surface area contributed by atoms with Crippen LogP contribution in [0.2, 0.25) is 0 Å². The highest BCUT2D eigenvalue weighted by molar-refractivity contribution is 9.10. The highest BCUT2D eigenvalue weighted by Crippen LogP contribution is 2.25. The van der Waals surface area contributed by atoms with Crippen LogP contribution in [-0.2, 0) is 13.1 Å². The molecular weight excluding hydrogens is 324 g/mol. The minimum atomic E-state index is 0.482. The fraction of sp³-hybridized carbons (Fsp3) is 0.385. The monoisotopic (exact) mass is 340 g/mol. The molecule has 0 saturated heterocycles. The highest BCUT2D eigenvalue weighted by atomic mass is 79.9. The van der Waals surface area contributed by atoms with Gasteiger partial charge >= 0.3 is 0 Å². The molecule has 0 aliphatic carbocycles. The molecule has 102 valence electrons. The molecule has 2 heterocycles. The van der Waals surface area contributed by atoms with Crippen LogP contribution in [0.25, 0.3) is 0 Å². The molecule has 0 radical (unpaired) electrons. The molecule has 2 rings (SSSR count). The Labute approximate surface area is 125 Å². The van der Waals surface area contributed by atoms with Crippen molar-refractivity contribution in [2.24, 2.45) is 5.73 Å². The van der Waals surface area contributed by atoms with E-state index < -0.39 is 0 Å². The molecule has 0 fully saturated rings. The summed E-state index contributed by atoms with van der Waals surface area (Å²) in [4.78, 5) is 3.37. The lowest BCUT2D eigenvalue weighted by Crippen LogP contribution is -2.21. The van der Waals surface area contributed by atoms with Crippen LogP contribution in [0.4, 0.5) is 5.82 Å². The second-order valence-corrected chi connectivity index (χ2v) is 6.42. The third-order valence-corrected chi connectivity index (χ3v) is 4.82. The van der Waals surface area contributed by atoms with E-state index in [1.54, 1.807) is 11.3 Å². The molecular formula is C13H17BrN4S. The van der Waals surface area contributed by atoms with E-state index in [1.807, 2.05) is 20.9 Å². The number of hydrogen-bond acceptors (Lipinski definition) is 5. The van der Waals surface area contributed by atoms with Gasteiger partial charge in [-0.1, -0.05) is 0 Å². The van der Waals surface area contributed by atoms with Crippen molar-refractivity contribution in [1.82, 2.24) is 10.2 Å². The summed E-state index contributed by atoms with van der Waals surface area (Å²) in [6, 6.07) is 2.12. The lowest BCUT2D eigenvalue weighted by Gasteiger charge is -2.21. The number of thiophene rings is 1. The Morgan fingerprint density at radius 1 is 1.37 bits per heavy atom. The average molecular weight is 341 g/mol. The summed E-state index contributed by atoms with van der Waals surface area (Å²) in [7, 11) is 2.02. The zero-order valence-corrected chi connectivity index (χ0v) is 13.7. The Balaban J connectivity index is 2.28. The van der Waals surface area contributed by atoms with E-state index in [0.717, 1.165) is 33.7 Å². The first-order chi connectivity index (χ1) is 9.02. The Hall–Kier alpha value is -0.980. The number of aryl methyl sites for hydroxylation is 1. The van der Waals surface area contributed by atoms with Gasteiger partial charge in [0.25, 0.3) is 0 Å². The number of rotatable bonds is 4. The van der Waals surface area contributed by atoms with Gasteiger partial charge in [-0.05, 0) is 41.4 Å². The third kappa shape index (κ3) is 3.13. The molecule has 0 bridgehead atoms. The van der Waals surface area contributed by atoms with Gasteiger partial charge in [-0.3, -0.25) is 0 Å². The van der Waals surface area contributed by atoms with Crippen LogP contribution in [0.5, 0.6) is 0 Å². The zero-order chi connectivity index (χ0) is 14.0. The van der Waals surface area contributed by atoms with Crippen molar-refractivity contribution >= 4 is 33.1 Å². The predicted octanol–water partition coefficient (Wildman–Crippen LogP) is 3.01. The van der Waals surface area contributed by atoms with Crippen LogP contribution in [-0.4, -0.2) is 17.2 Å². The SMILES string of the molecule is Cc1nnc(N(C)Cc2cc(Br)cs2)c(CN)c1C. The summed E-state index contributed by atoms with van der Waals surface area (Å²) in [5.74, 6) is 0.870. The molecule has 19 heavy (non-hydrogen) atoms. The van der Waals surface area contributed by atoms with Crippen LogP contribution in [0.1, 0.15) is 21.7 Å². The summed E-state index contributed by atoms with van der Waals surface area (Å²) < 4.78 is 1.12. The summed E-state index contributed by atoms with van der Waals surface area (Å²) in [6.07, 6.45) is 0. The first-order valence-corrected chi connectivity index (χ1v) is 7.67. The van der Waals surface area contributed by atoms with Gasteiger partial charge in [0, 0.05) is 33.9 Å². The first-order valence-electron chi connectivity index (χ1n) is 5.99. The molecule has 2 N–H and O–H groups in total. The van der Waals surface area contributed by atoms with E-state index in [-0.39, 0.29) is 0 Å². The van der Waals surface area contributed by atoms with E-state index in [0.29, 0.717) is 6.54 Å². The largest absolute Gasteiger partial charge is 0.353 e. The standard InChI is InChI=1S/C13H17BrN4S/c1-8-9(2)16-17-13(12(8)5-15)18(3)6-11-4-10(14)7-19-11/h4,7H,5-6,15H2,1-3H3. The molecule has 0 atom stereocenters. The first kappa shape index (κ1) is 14.4. The fourth-order valence-corrected chi connectivity index (χ4v) is 3.44. The van der Waals surface area contributed by atoms with Crippen molar-refractivity contribution in [2.75, 3.05) is 11.9 Å². The molecule has 0 saturated carbocycles. The topological polar surface area (TPSA) is 55.0 Å². The van der Waals surface area contributed by atoms with E-state index in [4.69, 9.17) is 5.73 Å². The van der Waals surface area contributed by atoms with E-state index in [1.165, 1.54) is 4.88 Å². The van der Waals surface area contributed by atoms with E-state index in [2.05, 4.69) is 42.5 Å². The lowest BCUT2D eigenvalue weighted by molar-refractivity contribution is 0.829. The summed E-state index contributed by atoms with van der Waals surface area (Å²) in [6.45, 7) is 5.30. The molecule has 0 amide bonds. The number of nitrogens with two attached hydrogens (primary N) is 1. The van der Waals surface area contributed by atoms with Gasteiger partial charge in [0.1, 0.15) is 0 Å². The van der Waals surface area contributed by atoms with Gasteiger partial charge in [-0.2, -0.15) is 5.10 Å². The van der Waals surface area contributed by atoms with Crippen LogP contribution < -0.4 is 10.6 Å². The van der Waals surface area contributed by atoms with Crippen LogP contribution in [0.15, 0.2) is 15.9 Å². The van der Waals surface area contributed by atoms with Crippen LogP contribution in [0.3, 0.4) is 0 Å². The molecule has 6 heteroatoms. The molecule has 0 aliphatic rings. The highest BCUT2D eigenvalue weighted by Gasteiger charge is 2.14. The number of aromatic nitrogens is 2. The average Bonchev–Trinajstić information content (AvgIpc) is 2.77. The van der Waals surface area contributed by atoms with Gasteiger partial charge in [-0.25, -0.2) is 0 Å². The fourth-order valence-electron chi connectivity index (χ4n) is 1.94. The van der Waals surface area contributed by atoms with Crippen molar-refractivity contribution < 1.29 is 0 Å². The zero-order valence-electron chi connectivity index (χ0n) is 11.3. The van der Waals surface area contributed by atoms with Gasteiger partial charge in [0.15, 0.2) is 5.82 Å². The second kappa shape index (κ2) is 5.98. The van der Waals surface area contributed by atoms with Crippen molar-refractivity contribution in [3.63, 3.8) is 0 Å². The van der Waals surface area contributed by atoms with Gasteiger partial charge < -0.3 is 10.6 Å². The molecule has 0 unspecified atom stereocenters. The Kier molecular flexibility index (Phi) is 4.54. The van der Waals surface area contributed by atoms with Crippen LogP contribution in [0, 0.1) is 13.8 Å². The van der Waals surface area contributed by atoms with Crippen molar-refractivity contribution in [3.05, 3.63) is 37.6 Å². The van der Waals surface area contributed by atoms with Crippen molar-refractivity contribution in [1.29, 1.82) is 0 Å². The maximum absolute atomic E-state index is 5.86.